The number of aromatic nitrogens is 4. The summed E-state index contributed by atoms with van der Waals surface area (Å²) in [7, 11) is 3.37. The molecule has 0 saturated carbocycles. The summed E-state index contributed by atoms with van der Waals surface area (Å²) in [6.45, 7) is 2.72. The largest absolute Gasteiger partial charge is 0.497 e. The van der Waals surface area contributed by atoms with Crippen LogP contribution in [0.15, 0.2) is 48.5 Å². The smallest absolute Gasteiger partial charge is 0.230 e. The number of rotatable bonds is 8. The van der Waals surface area contributed by atoms with Gasteiger partial charge in [-0.15, -0.1) is 5.10 Å². The molecule has 0 bridgehead atoms. The van der Waals surface area contributed by atoms with Crippen molar-refractivity contribution < 1.29 is 14.3 Å². The minimum absolute atomic E-state index is 0.00308. The number of benzene rings is 2. The van der Waals surface area contributed by atoms with Crippen molar-refractivity contribution in [1.82, 2.24) is 25.1 Å². The first-order chi connectivity index (χ1) is 16.0. The zero-order valence-electron chi connectivity index (χ0n) is 19.1. The predicted octanol–water partition coefficient (Wildman–Crippen LogP) is 3.21. The van der Waals surface area contributed by atoms with E-state index >= 15 is 0 Å². The summed E-state index contributed by atoms with van der Waals surface area (Å²) in [5, 5.41) is 14.6. The van der Waals surface area contributed by atoms with Crippen molar-refractivity contribution >= 4 is 17.5 Å². The highest BCUT2D eigenvalue weighted by atomic mass is 16.5. The monoisotopic (exact) mass is 448 g/mol. The Morgan fingerprint density at radius 2 is 2.00 bits per heavy atom. The lowest BCUT2D eigenvalue weighted by molar-refractivity contribution is -0.129. The molecule has 1 aromatic heterocycles. The van der Waals surface area contributed by atoms with Crippen LogP contribution in [0.4, 0.5) is 5.69 Å². The quantitative estimate of drug-likeness (QED) is 0.568. The molecule has 1 saturated heterocycles. The zero-order valence-corrected chi connectivity index (χ0v) is 19.1. The number of tetrazole rings is 1. The van der Waals surface area contributed by atoms with Gasteiger partial charge in [0.05, 0.1) is 19.1 Å². The van der Waals surface area contributed by atoms with Gasteiger partial charge in [-0.25, -0.2) is 4.68 Å². The Bertz CT molecular complexity index is 1130. The number of carbonyl (C=O) groups is 2. The first kappa shape index (κ1) is 22.4. The molecule has 2 amide bonds. The lowest BCUT2D eigenvalue weighted by Crippen LogP contribution is -2.33. The molecule has 9 heteroatoms. The molecular formula is C24H28N6O3. The fourth-order valence-electron chi connectivity index (χ4n) is 4.28. The number of hydrogen-bond acceptors (Lipinski definition) is 6. The number of nitrogens with zero attached hydrogens (tertiary/aromatic N) is 5. The van der Waals surface area contributed by atoms with Gasteiger partial charge in [0.25, 0.3) is 0 Å². The number of likely N-dealkylation sites (tertiary alicyclic amines) is 1. The van der Waals surface area contributed by atoms with E-state index in [2.05, 4.69) is 27.8 Å². The van der Waals surface area contributed by atoms with E-state index in [0.717, 1.165) is 29.7 Å². The molecule has 0 spiro atoms. The number of amides is 2. The maximum Gasteiger partial charge on any atom is 0.230 e. The van der Waals surface area contributed by atoms with Gasteiger partial charge < -0.3 is 15.0 Å². The highest BCUT2D eigenvalue weighted by Gasteiger charge is 2.44. The summed E-state index contributed by atoms with van der Waals surface area (Å²) in [4.78, 5) is 28.1. The zero-order chi connectivity index (χ0) is 23.4. The van der Waals surface area contributed by atoms with Crippen molar-refractivity contribution in [3.63, 3.8) is 0 Å². The second kappa shape index (κ2) is 9.81. The van der Waals surface area contributed by atoms with Crippen LogP contribution in [0.1, 0.15) is 37.8 Å². The Hall–Kier alpha value is -3.75. The van der Waals surface area contributed by atoms with Gasteiger partial charge in [-0.3, -0.25) is 9.59 Å². The van der Waals surface area contributed by atoms with E-state index in [0.29, 0.717) is 18.1 Å². The van der Waals surface area contributed by atoms with Gasteiger partial charge in [-0.1, -0.05) is 37.6 Å². The Kier molecular flexibility index (Phi) is 6.67. The molecule has 1 aliphatic rings. The molecule has 0 radical (unpaired) electrons. The molecule has 2 heterocycles. The topological polar surface area (TPSA) is 102 Å². The summed E-state index contributed by atoms with van der Waals surface area (Å²) in [6.07, 6.45) is 2.04. The predicted molar refractivity (Wildman–Crippen MR) is 123 cm³/mol. The fraction of sp³-hybridized carbons (Fsp3) is 0.375. The maximum atomic E-state index is 13.4. The number of nitrogens with one attached hydrogen (secondary N) is 1. The summed E-state index contributed by atoms with van der Waals surface area (Å²) < 4.78 is 6.84. The van der Waals surface area contributed by atoms with Gasteiger partial charge in [-0.05, 0) is 46.7 Å². The normalized spacial score (nSPS) is 17.9. The van der Waals surface area contributed by atoms with E-state index in [1.54, 1.807) is 18.8 Å². The van der Waals surface area contributed by atoms with Crippen LogP contribution < -0.4 is 10.1 Å². The number of ether oxygens (including phenoxy) is 1. The second-order valence-corrected chi connectivity index (χ2v) is 8.17. The lowest BCUT2D eigenvalue weighted by atomic mass is 9.92. The molecule has 1 aliphatic heterocycles. The van der Waals surface area contributed by atoms with Crippen molar-refractivity contribution in [1.29, 1.82) is 0 Å². The van der Waals surface area contributed by atoms with Gasteiger partial charge in [0.15, 0.2) is 5.82 Å². The van der Waals surface area contributed by atoms with E-state index in [1.807, 2.05) is 53.4 Å². The molecule has 1 fully saturated rings. The van der Waals surface area contributed by atoms with Crippen molar-refractivity contribution in [3.05, 3.63) is 54.1 Å². The first-order valence-corrected chi connectivity index (χ1v) is 11.1. The molecule has 2 unspecified atom stereocenters. The standard InChI is InChI=1S/C24H28N6O3/c1-4-5-13-30-21(31)15-20(22(30)16-9-11-19(33-3)12-10-16)24(32)25-18-8-6-7-17(14-18)23-26-27-28-29(23)2/h6-12,14,20,22H,4-5,13,15H2,1-3H3,(H,25,32). The molecule has 0 aliphatic carbocycles. The van der Waals surface area contributed by atoms with Crippen molar-refractivity contribution in [2.75, 3.05) is 19.0 Å². The first-order valence-electron chi connectivity index (χ1n) is 11.1. The van der Waals surface area contributed by atoms with Crippen LogP contribution in [0.25, 0.3) is 11.4 Å². The van der Waals surface area contributed by atoms with Crippen molar-refractivity contribution in [3.8, 4) is 17.1 Å². The van der Waals surface area contributed by atoms with Crippen molar-refractivity contribution in [2.24, 2.45) is 13.0 Å². The molecular weight excluding hydrogens is 420 g/mol. The minimum Gasteiger partial charge on any atom is -0.497 e. The summed E-state index contributed by atoms with van der Waals surface area (Å²) in [5.74, 6) is 0.658. The van der Waals surface area contributed by atoms with Crippen LogP contribution in [0.3, 0.4) is 0 Å². The number of hydrogen-bond donors (Lipinski definition) is 1. The Labute approximate surface area is 192 Å². The van der Waals surface area contributed by atoms with E-state index < -0.39 is 5.92 Å². The number of unbranched alkanes of at least 4 members (excludes halogenated alkanes) is 1. The molecule has 172 valence electrons. The number of methoxy groups -OCH3 is 1. The van der Waals surface area contributed by atoms with E-state index in [9.17, 15) is 9.59 Å². The minimum atomic E-state index is -0.497. The van der Waals surface area contributed by atoms with Gasteiger partial charge in [0, 0.05) is 31.3 Å². The van der Waals surface area contributed by atoms with Crippen LogP contribution in [0.5, 0.6) is 5.75 Å². The highest BCUT2D eigenvalue weighted by Crippen LogP contribution is 2.39. The molecule has 9 nitrogen and oxygen atoms in total. The third-order valence-corrected chi connectivity index (χ3v) is 5.99. The number of aryl methyl sites for hydroxylation is 1. The summed E-state index contributed by atoms with van der Waals surface area (Å²) >= 11 is 0. The van der Waals surface area contributed by atoms with E-state index in [4.69, 9.17) is 4.74 Å². The van der Waals surface area contributed by atoms with Gasteiger partial charge >= 0.3 is 0 Å². The van der Waals surface area contributed by atoms with E-state index in [-0.39, 0.29) is 24.3 Å². The van der Waals surface area contributed by atoms with Crippen LogP contribution >= 0.6 is 0 Å². The van der Waals surface area contributed by atoms with Gasteiger partial charge in [0.2, 0.25) is 11.8 Å². The Morgan fingerprint density at radius 1 is 1.21 bits per heavy atom. The molecule has 1 N–H and O–H groups in total. The fourth-order valence-corrected chi connectivity index (χ4v) is 4.28. The van der Waals surface area contributed by atoms with Crippen LogP contribution in [0.2, 0.25) is 0 Å². The molecule has 3 aromatic rings. The third-order valence-electron chi connectivity index (χ3n) is 5.99. The van der Waals surface area contributed by atoms with Crippen LogP contribution in [-0.4, -0.2) is 50.6 Å². The molecule has 2 aromatic carbocycles. The molecule has 4 rings (SSSR count). The number of anilines is 1. The maximum absolute atomic E-state index is 13.4. The average Bonchev–Trinajstić information content (AvgIpc) is 3.40. The van der Waals surface area contributed by atoms with Crippen LogP contribution in [0, 0.1) is 5.92 Å². The van der Waals surface area contributed by atoms with Crippen LogP contribution in [-0.2, 0) is 16.6 Å². The lowest BCUT2D eigenvalue weighted by Gasteiger charge is -2.28. The second-order valence-electron chi connectivity index (χ2n) is 8.17. The van der Waals surface area contributed by atoms with Gasteiger partial charge in [0.1, 0.15) is 5.75 Å². The Balaban J connectivity index is 1.59. The molecule has 2 atom stereocenters. The Morgan fingerprint density at radius 3 is 2.67 bits per heavy atom. The van der Waals surface area contributed by atoms with E-state index in [1.165, 1.54) is 0 Å². The van der Waals surface area contributed by atoms with Crippen molar-refractivity contribution in [2.45, 2.75) is 32.2 Å². The SMILES string of the molecule is CCCCN1C(=O)CC(C(=O)Nc2cccc(-c3nnnn3C)c2)C1c1ccc(OC)cc1. The average molecular weight is 449 g/mol. The number of carbonyl (C=O) groups excluding carboxylic acids is 2. The summed E-state index contributed by atoms with van der Waals surface area (Å²) in [5.41, 5.74) is 2.35. The van der Waals surface area contributed by atoms with Gasteiger partial charge in [-0.2, -0.15) is 0 Å². The molecule has 33 heavy (non-hydrogen) atoms. The highest BCUT2D eigenvalue weighted by molar-refractivity contribution is 5.98. The summed E-state index contributed by atoms with van der Waals surface area (Å²) in [6, 6.07) is 14.7. The third kappa shape index (κ3) is 4.72.